The molecule has 120 valence electrons. The highest BCUT2D eigenvalue weighted by molar-refractivity contribution is 5.28. The molecule has 0 saturated carbocycles. The Hall–Kier alpha value is -1.48. The van der Waals surface area contributed by atoms with E-state index >= 15 is 0 Å². The van der Waals surface area contributed by atoms with Crippen molar-refractivity contribution < 1.29 is 35.8 Å². The predicted molar refractivity (Wildman–Crippen MR) is 61.7 cm³/mol. The van der Waals surface area contributed by atoms with Gasteiger partial charge in [0.1, 0.15) is 12.4 Å². The quantitative estimate of drug-likeness (QED) is 0.648. The van der Waals surface area contributed by atoms with E-state index in [1.807, 2.05) is 0 Å². The van der Waals surface area contributed by atoms with Crippen molar-refractivity contribution in [3.63, 3.8) is 0 Å². The number of benzene rings is 1. The van der Waals surface area contributed by atoms with Gasteiger partial charge in [-0.25, -0.2) is 0 Å². The topological polar surface area (TPSA) is 44.5 Å². The maximum Gasteiger partial charge on any atom is 0.423 e. The van der Waals surface area contributed by atoms with E-state index in [2.05, 4.69) is 4.74 Å². The van der Waals surface area contributed by atoms with Crippen LogP contribution in [-0.2, 0) is 11.3 Å². The standard InChI is InChI=1S/C12H13F6NO2/c13-11(14,15)10(12(16,17)18)21-5-4-20-9-3-1-2-8(6-9)7-19/h1-3,6,10H,4-5,7,19H2. The molecule has 2 N–H and O–H groups in total. The van der Waals surface area contributed by atoms with Crippen LogP contribution in [0.5, 0.6) is 5.75 Å². The van der Waals surface area contributed by atoms with Crippen molar-refractivity contribution >= 4 is 0 Å². The fraction of sp³-hybridized carbons (Fsp3) is 0.500. The Bertz CT molecular complexity index is 432. The zero-order chi connectivity index (χ0) is 16.1. The lowest BCUT2D eigenvalue weighted by atomic mass is 10.2. The summed E-state index contributed by atoms with van der Waals surface area (Å²) in [5, 5.41) is 0. The number of halogens is 6. The zero-order valence-corrected chi connectivity index (χ0v) is 10.7. The van der Waals surface area contributed by atoms with E-state index < -0.39 is 31.7 Å². The Kier molecular flexibility index (Phi) is 5.85. The molecule has 21 heavy (non-hydrogen) atoms. The fourth-order valence-corrected chi connectivity index (χ4v) is 1.46. The van der Waals surface area contributed by atoms with Gasteiger partial charge in [-0.2, -0.15) is 26.3 Å². The predicted octanol–water partition coefficient (Wildman–Crippen LogP) is 3.03. The summed E-state index contributed by atoms with van der Waals surface area (Å²) < 4.78 is 81.9. The molecule has 0 aromatic heterocycles. The largest absolute Gasteiger partial charge is 0.491 e. The Morgan fingerprint density at radius 3 is 2.14 bits per heavy atom. The summed E-state index contributed by atoms with van der Waals surface area (Å²) in [6, 6.07) is 6.34. The zero-order valence-electron chi connectivity index (χ0n) is 10.7. The van der Waals surface area contributed by atoms with Crippen LogP contribution in [0.25, 0.3) is 0 Å². The van der Waals surface area contributed by atoms with Crippen molar-refractivity contribution in [3.05, 3.63) is 29.8 Å². The van der Waals surface area contributed by atoms with Crippen LogP contribution in [0, 0.1) is 0 Å². The van der Waals surface area contributed by atoms with Crippen LogP contribution in [-0.4, -0.2) is 31.7 Å². The first-order chi connectivity index (χ1) is 9.64. The Morgan fingerprint density at radius 1 is 1.00 bits per heavy atom. The lowest BCUT2D eigenvalue weighted by Gasteiger charge is -2.23. The third-order valence-electron chi connectivity index (χ3n) is 2.37. The first-order valence-electron chi connectivity index (χ1n) is 5.81. The number of hydrogen-bond donors (Lipinski definition) is 1. The lowest BCUT2D eigenvalue weighted by molar-refractivity contribution is -0.322. The molecule has 0 aliphatic heterocycles. The van der Waals surface area contributed by atoms with Crippen LogP contribution in [0.1, 0.15) is 5.56 Å². The molecule has 0 bridgehead atoms. The summed E-state index contributed by atoms with van der Waals surface area (Å²) in [4.78, 5) is 0. The molecule has 0 amide bonds. The number of alkyl halides is 6. The third kappa shape index (κ3) is 5.80. The molecule has 0 heterocycles. The molecular formula is C12H13F6NO2. The van der Waals surface area contributed by atoms with E-state index in [9.17, 15) is 26.3 Å². The highest BCUT2D eigenvalue weighted by atomic mass is 19.4. The molecule has 3 nitrogen and oxygen atoms in total. The van der Waals surface area contributed by atoms with Crippen molar-refractivity contribution in [2.24, 2.45) is 5.73 Å². The fourth-order valence-electron chi connectivity index (χ4n) is 1.46. The van der Waals surface area contributed by atoms with Crippen LogP contribution in [0.4, 0.5) is 26.3 Å². The lowest BCUT2D eigenvalue weighted by Crippen LogP contribution is -2.44. The normalized spacial score (nSPS) is 12.8. The van der Waals surface area contributed by atoms with Crippen molar-refractivity contribution in [2.75, 3.05) is 13.2 Å². The monoisotopic (exact) mass is 317 g/mol. The van der Waals surface area contributed by atoms with E-state index in [1.54, 1.807) is 12.1 Å². The van der Waals surface area contributed by atoms with Gasteiger partial charge in [-0.05, 0) is 17.7 Å². The van der Waals surface area contributed by atoms with Gasteiger partial charge in [0.2, 0.25) is 6.10 Å². The minimum absolute atomic E-state index is 0.234. The molecule has 1 aromatic carbocycles. The van der Waals surface area contributed by atoms with Gasteiger partial charge in [0.15, 0.2) is 0 Å². The number of ether oxygens (including phenoxy) is 2. The van der Waals surface area contributed by atoms with Gasteiger partial charge in [0.25, 0.3) is 0 Å². The minimum atomic E-state index is -5.52. The first kappa shape index (κ1) is 17.6. The van der Waals surface area contributed by atoms with Crippen LogP contribution >= 0.6 is 0 Å². The van der Waals surface area contributed by atoms with Gasteiger partial charge in [0, 0.05) is 6.54 Å². The number of nitrogens with two attached hydrogens (primary N) is 1. The van der Waals surface area contributed by atoms with Gasteiger partial charge in [-0.3, -0.25) is 0 Å². The van der Waals surface area contributed by atoms with Crippen LogP contribution < -0.4 is 10.5 Å². The molecule has 0 atom stereocenters. The average Bonchev–Trinajstić information content (AvgIpc) is 2.35. The first-order valence-corrected chi connectivity index (χ1v) is 5.81. The second-order valence-corrected chi connectivity index (χ2v) is 4.03. The summed E-state index contributed by atoms with van der Waals surface area (Å²) >= 11 is 0. The van der Waals surface area contributed by atoms with Crippen molar-refractivity contribution in [3.8, 4) is 5.75 Å². The van der Waals surface area contributed by atoms with Gasteiger partial charge in [-0.15, -0.1) is 0 Å². The summed E-state index contributed by atoms with van der Waals surface area (Å²) in [7, 11) is 0. The van der Waals surface area contributed by atoms with E-state index in [0.29, 0.717) is 0 Å². The highest BCUT2D eigenvalue weighted by Crippen LogP contribution is 2.35. The molecule has 9 heteroatoms. The molecule has 0 radical (unpaired) electrons. The summed E-state index contributed by atoms with van der Waals surface area (Å²) in [5.41, 5.74) is 6.10. The smallest absolute Gasteiger partial charge is 0.423 e. The van der Waals surface area contributed by atoms with Gasteiger partial charge in [0.05, 0.1) is 6.61 Å². The van der Waals surface area contributed by atoms with Crippen LogP contribution in [0.15, 0.2) is 24.3 Å². The molecule has 0 unspecified atom stereocenters. The summed E-state index contributed by atoms with van der Waals surface area (Å²) in [5.74, 6) is 0.289. The van der Waals surface area contributed by atoms with E-state index in [-0.39, 0.29) is 12.3 Å². The van der Waals surface area contributed by atoms with Crippen molar-refractivity contribution in [1.82, 2.24) is 0 Å². The van der Waals surface area contributed by atoms with E-state index in [0.717, 1.165) is 5.56 Å². The molecule has 0 spiro atoms. The molecular weight excluding hydrogens is 304 g/mol. The second-order valence-electron chi connectivity index (χ2n) is 4.03. The second kappa shape index (κ2) is 6.99. The molecule has 0 aliphatic carbocycles. The van der Waals surface area contributed by atoms with Gasteiger partial charge < -0.3 is 15.2 Å². The molecule has 0 fully saturated rings. The average molecular weight is 317 g/mol. The molecule has 0 saturated heterocycles. The summed E-state index contributed by atoms with van der Waals surface area (Å²) in [6.07, 6.45) is -14.8. The van der Waals surface area contributed by atoms with Gasteiger partial charge >= 0.3 is 12.4 Å². The van der Waals surface area contributed by atoms with E-state index in [1.165, 1.54) is 12.1 Å². The van der Waals surface area contributed by atoms with Crippen molar-refractivity contribution in [2.45, 2.75) is 25.0 Å². The number of rotatable bonds is 6. The molecule has 1 rings (SSSR count). The van der Waals surface area contributed by atoms with Gasteiger partial charge in [-0.1, -0.05) is 12.1 Å². The van der Waals surface area contributed by atoms with Crippen molar-refractivity contribution in [1.29, 1.82) is 0 Å². The highest BCUT2D eigenvalue weighted by Gasteiger charge is 2.57. The van der Waals surface area contributed by atoms with E-state index in [4.69, 9.17) is 10.5 Å². The maximum atomic E-state index is 12.2. The number of hydrogen-bond acceptors (Lipinski definition) is 3. The summed E-state index contributed by atoms with van der Waals surface area (Å²) in [6.45, 7) is -1.06. The SMILES string of the molecule is NCc1cccc(OCCOC(C(F)(F)F)C(F)(F)F)c1. The molecule has 1 aromatic rings. The maximum absolute atomic E-state index is 12.2. The van der Waals surface area contributed by atoms with Crippen LogP contribution in [0.3, 0.4) is 0 Å². The Balaban J connectivity index is 2.48. The van der Waals surface area contributed by atoms with Crippen LogP contribution in [0.2, 0.25) is 0 Å². The Labute approximate surface area is 116 Å². The third-order valence-corrected chi connectivity index (χ3v) is 2.37. The Morgan fingerprint density at radius 2 is 1.62 bits per heavy atom. The minimum Gasteiger partial charge on any atom is -0.491 e. The molecule has 0 aliphatic rings.